The number of halogens is 1. The summed E-state index contributed by atoms with van der Waals surface area (Å²) in [5, 5.41) is 4.69. The molecule has 1 nitrogen and oxygen atoms in total. The Kier molecular flexibility index (Phi) is 14.7. The van der Waals surface area contributed by atoms with Gasteiger partial charge in [-0.3, -0.25) is 4.99 Å². The number of rotatable bonds is 7. The van der Waals surface area contributed by atoms with E-state index >= 15 is 0 Å². The smallest absolute Gasteiger partial charge is 0.0620 e. The van der Waals surface area contributed by atoms with Crippen LogP contribution in [-0.2, 0) is 27.2 Å². The molecule has 4 aromatic carbocycles. The molecule has 1 aliphatic rings. The molecule has 0 aliphatic heterocycles. The van der Waals surface area contributed by atoms with E-state index in [1.54, 1.807) is 0 Å². The first kappa shape index (κ1) is 33.6. The van der Waals surface area contributed by atoms with Crippen molar-refractivity contribution in [2.45, 2.75) is 64.0 Å². The molecule has 5 rings (SSSR count). The summed E-state index contributed by atoms with van der Waals surface area (Å²) in [5.74, 6) is 1.50. The summed E-state index contributed by atoms with van der Waals surface area (Å²) in [7, 11) is 3.39. The Morgan fingerprint density at radius 2 is 1.10 bits per heavy atom. The third-order valence-corrected chi connectivity index (χ3v) is 10.7. The molecule has 0 radical (unpaired) electrons. The fraction of sp³-hybridized carbons (Fsp3) is 0.306. The minimum absolute atomic E-state index is 0.382. The average molecular weight is 646 g/mol. The molecule has 5 heteroatoms. The standard InChI is InChI=1S/C18H27NS.C18H15P.ClH.Ni/c1-12(2)15-8-6-9-16(13(3)4)18(15)19-11-14-7-5-10-17(14)20;1-4-10-16(11-5-1)19(17-12-6-2-7-13-17)18-14-8-3-9-15-18;;/h6,8-9,11-14,17,20H,5,7,10H2,1-4H3;1-15H;1H;/q;;;+1/p-1. The molecule has 219 valence electrons. The third-order valence-electron chi connectivity index (χ3n) is 7.43. The first-order valence-electron chi connectivity index (χ1n) is 14.4. The number of hydrogen-bond donors (Lipinski definition) is 0. The van der Waals surface area contributed by atoms with Crippen LogP contribution in [0.5, 0.6) is 0 Å². The zero-order valence-corrected chi connectivity index (χ0v) is 28.0. The van der Waals surface area contributed by atoms with Crippen LogP contribution in [0, 0.1) is 5.92 Å². The summed E-state index contributed by atoms with van der Waals surface area (Å²) in [5.41, 5.74) is 3.89. The minimum Gasteiger partial charge on any atom is -0.0620 e. The summed E-state index contributed by atoms with van der Waals surface area (Å²) < 4.78 is 0. The predicted molar refractivity (Wildman–Crippen MR) is 184 cm³/mol. The Morgan fingerprint density at radius 3 is 1.44 bits per heavy atom. The Bertz CT molecular complexity index is 1200. The van der Waals surface area contributed by atoms with Gasteiger partial charge in [-0.15, -0.1) is 0 Å². The van der Waals surface area contributed by atoms with Crippen molar-refractivity contribution >= 4 is 58.6 Å². The van der Waals surface area contributed by atoms with Gasteiger partial charge in [-0.25, -0.2) is 0 Å². The first-order chi connectivity index (χ1) is 20.0. The van der Waals surface area contributed by atoms with E-state index in [2.05, 4.69) is 168 Å². The van der Waals surface area contributed by atoms with Crippen molar-refractivity contribution in [1.82, 2.24) is 0 Å². The van der Waals surface area contributed by atoms with Gasteiger partial charge in [0.25, 0.3) is 0 Å². The van der Waals surface area contributed by atoms with Crippen LogP contribution in [-0.4, -0.2) is 11.5 Å². The minimum atomic E-state index is -0.877. The molecule has 0 spiro atoms. The van der Waals surface area contributed by atoms with Crippen LogP contribution in [0.15, 0.2) is 114 Å². The van der Waals surface area contributed by atoms with Crippen molar-refractivity contribution in [2.75, 3.05) is 0 Å². The maximum atomic E-state index is 5.52. The van der Waals surface area contributed by atoms with E-state index in [1.165, 1.54) is 52.0 Å². The Balaban J connectivity index is 0.000000213. The molecular weight excluding hydrogens is 604 g/mol. The van der Waals surface area contributed by atoms with Gasteiger partial charge < -0.3 is 12.6 Å². The van der Waals surface area contributed by atoms with Gasteiger partial charge in [0, 0.05) is 6.21 Å². The molecule has 41 heavy (non-hydrogen) atoms. The van der Waals surface area contributed by atoms with Crippen molar-refractivity contribution in [3.8, 4) is 0 Å². The molecule has 0 bridgehead atoms. The summed E-state index contributed by atoms with van der Waals surface area (Å²) >= 11 is 8.86. The second-order valence-corrected chi connectivity index (χ2v) is 14.1. The molecular formula is C36H42ClNNiPS. The van der Waals surface area contributed by atoms with Gasteiger partial charge in [-0.2, -0.15) is 5.25 Å². The summed E-state index contributed by atoms with van der Waals surface area (Å²) in [6, 6.07) is 39.1. The average Bonchev–Trinajstić information content (AvgIpc) is 3.43. The SMILES string of the molecule is CC(C)c1cccc(C(C)C)c1N=CC1CCCC1[S-].[Cl][Ni].c1ccc([PH+](c2ccccc2)c2ccccc2)cc1. The van der Waals surface area contributed by atoms with Gasteiger partial charge in [0.2, 0.25) is 0 Å². The Labute approximate surface area is 267 Å². The Morgan fingerprint density at radius 1 is 0.683 bits per heavy atom. The maximum Gasteiger partial charge on any atom is 0.102 e. The molecule has 2 atom stereocenters. The Hall–Kier alpha value is -1.89. The number of hydrogen-bond acceptors (Lipinski definition) is 2. The molecule has 0 amide bonds. The van der Waals surface area contributed by atoms with Crippen LogP contribution in [0.3, 0.4) is 0 Å². The van der Waals surface area contributed by atoms with Gasteiger partial charge in [-0.1, -0.05) is 113 Å². The van der Waals surface area contributed by atoms with Crippen LogP contribution in [0.1, 0.15) is 69.9 Å². The summed E-state index contributed by atoms with van der Waals surface area (Å²) in [6.07, 6.45) is 5.78. The second-order valence-electron chi connectivity index (χ2n) is 11.0. The van der Waals surface area contributed by atoms with Crippen molar-refractivity contribution in [3.05, 3.63) is 120 Å². The third kappa shape index (κ3) is 9.83. The van der Waals surface area contributed by atoms with Crippen LogP contribution >= 0.6 is 18.1 Å². The van der Waals surface area contributed by atoms with Gasteiger partial charge >= 0.3 is 24.8 Å². The molecule has 1 aliphatic carbocycles. The first-order valence-corrected chi connectivity index (χ1v) is 17.8. The predicted octanol–water partition coefficient (Wildman–Crippen LogP) is 9.22. The molecule has 0 heterocycles. The van der Waals surface area contributed by atoms with Crippen LogP contribution in [0.2, 0.25) is 0 Å². The van der Waals surface area contributed by atoms with Crippen LogP contribution < -0.4 is 15.9 Å². The van der Waals surface area contributed by atoms with Gasteiger partial charge in [0.15, 0.2) is 0 Å². The fourth-order valence-electron chi connectivity index (χ4n) is 5.27. The normalized spacial score (nSPS) is 16.5. The number of nitrogens with zero attached hydrogens (tertiary/aromatic N) is 1. The number of benzene rings is 4. The van der Waals surface area contributed by atoms with E-state index in [4.69, 9.17) is 17.6 Å². The zero-order chi connectivity index (χ0) is 29.6. The van der Waals surface area contributed by atoms with Crippen molar-refractivity contribution in [1.29, 1.82) is 0 Å². The van der Waals surface area contributed by atoms with Crippen LogP contribution in [0.4, 0.5) is 5.69 Å². The molecule has 1 fully saturated rings. The molecule has 0 aromatic heterocycles. The van der Waals surface area contributed by atoms with E-state index < -0.39 is 7.92 Å². The van der Waals surface area contributed by atoms with Crippen molar-refractivity contribution in [2.24, 2.45) is 10.9 Å². The van der Waals surface area contributed by atoms with Crippen LogP contribution in [0.25, 0.3) is 0 Å². The van der Waals surface area contributed by atoms with Gasteiger partial charge in [0.1, 0.15) is 15.9 Å². The van der Waals surface area contributed by atoms with Gasteiger partial charge in [0.05, 0.1) is 13.6 Å². The fourth-order valence-corrected chi connectivity index (χ4v) is 8.22. The topological polar surface area (TPSA) is 12.4 Å². The van der Waals surface area contributed by atoms with E-state index in [1.807, 2.05) is 0 Å². The maximum absolute atomic E-state index is 5.52. The van der Waals surface area contributed by atoms with E-state index in [-0.39, 0.29) is 0 Å². The zero-order valence-electron chi connectivity index (χ0n) is 24.5. The summed E-state index contributed by atoms with van der Waals surface area (Å²) in [6.45, 7) is 8.96. The largest absolute Gasteiger partial charge is 0.102 e. The van der Waals surface area contributed by atoms with Gasteiger partial charge in [-0.05, 0) is 71.7 Å². The molecule has 0 N–H and O–H groups in total. The number of para-hydroxylation sites is 1. The van der Waals surface area contributed by atoms with E-state index in [0.717, 1.165) is 0 Å². The van der Waals surface area contributed by atoms with Crippen molar-refractivity contribution in [3.63, 3.8) is 0 Å². The quantitative estimate of drug-likeness (QED) is 0.0845. The monoisotopic (exact) mass is 644 g/mol. The number of aliphatic imine (C=N–C) groups is 1. The van der Waals surface area contributed by atoms with E-state index in [9.17, 15) is 0 Å². The van der Waals surface area contributed by atoms with E-state index in [0.29, 0.717) is 23.0 Å². The second kappa shape index (κ2) is 17.9. The van der Waals surface area contributed by atoms with Crippen molar-refractivity contribution < 1.29 is 14.6 Å². The summed E-state index contributed by atoms with van der Waals surface area (Å²) in [4.78, 5) is 4.89. The molecule has 2 unspecified atom stereocenters. The molecule has 0 saturated heterocycles. The molecule has 4 aromatic rings. The molecule has 1 saturated carbocycles.